The number of rotatable bonds is 2. The van der Waals surface area contributed by atoms with E-state index in [0.717, 1.165) is 0 Å². The molecule has 0 saturated carbocycles. The largest absolute Gasteiger partial charge is 0.333 e. The van der Waals surface area contributed by atoms with Crippen molar-refractivity contribution in [3.63, 3.8) is 0 Å². The lowest BCUT2D eigenvalue weighted by Crippen LogP contribution is -2.68. The van der Waals surface area contributed by atoms with Crippen molar-refractivity contribution in [2.75, 3.05) is 5.75 Å². The van der Waals surface area contributed by atoms with Crippen molar-refractivity contribution in [1.82, 2.24) is 4.90 Å². The Kier molecular flexibility index (Phi) is 2.64. The summed E-state index contributed by atoms with van der Waals surface area (Å²) in [7, 11) is 0. The van der Waals surface area contributed by atoms with Gasteiger partial charge in [-0.1, -0.05) is 12.7 Å². The third-order valence-electron chi connectivity index (χ3n) is 2.57. The molecule has 2 amide bonds. The summed E-state index contributed by atoms with van der Waals surface area (Å²) in [6.45, 7) is 3.54. The lowest BCUT2D eigenvalue weighted by molar-refractivity contribution is -0.143. The summed E-state index contributed by atoms with van der Waals surface area (Å²) in [6, 6.07) is -0.606. The summed E-state index contributed by atoms with van der Waals surface area (Å²) in [4.78, 5) is 34.4. The van der Waals surface area contributed by atoms with Crippen LogP contribution in [0.15, 0.2) is 29.1 Å². The fourth-order valence-electron chi connectivity index (χ4n) is 1.74. The molecule has 2 atom stereocenters. The van der Waals surface area contributed by atoms with E-state index in [-0.39, 0.29) is 17.0 Å². The molecule has 6 nitrogen and oxygen atoms in total. The SMILES string of the molecule is C=CC1=C(C(=O)N=O)N2C(=O)[C@@H](N)C2SC1. The van der Waals surface area contributed by atoms with Gasteiger partial charge in [-0.2, -0.15) is 0 Å². The molecule has 2 heterocycles. The van der Waals surface area contributed by atoms with Crippen LogP contribution in [0.2, 0.25) is 0 Å². The number of hydrogen-bond acceptors (Lipinski definition) is 5. The summed E-state index contributed by atoms with van der Waals surface area (Å²) in [5.41, 5.74) is 6.16. The van der Waals surface area contributed by atoms with E-state index in [2.05, 4.69) is 11.8 Å². The summed E-state index contributed by atoms with van der Waals surface area (Å²) in [5, 5.41) is 2.08. The maximum Gasteiger partial charge on any atom is 0.333 e. The van der Waals surface area contributed by atoms with Crippen molar-refractivity contribution < 1.29 is 9.59 Å². The van der Waals surface area contributed by atoms with Crippen LogP contribution in [0.5, 0.6) is 0 Å². The van der Waals surface area contributed by atoms with Crippen LogP contribution < -0.4 is 5.73 Å². The van der Waals surface area contributed by atoms with Gasteiger partial charge in [0.1, 0.15) is 17.1 Å². The van der Waals surface area contributed by atoms with Crippen LogP contribution in [-0.4, -0.2) is 33.9 Å². The minimum Gasteiger partial charge on any atom is -0.317 e. The first kappa shape index (κ1) is 11.0. The average molecular weight is 239 g/mol. The van der Waals surface area contributed by atoms with E-state index in [1.54, 1.807) is 0 Å². The van der Waals surface area contributed by atoms with Gasteiger partial charge in [0.25, 0.3) is 0 Å². The highest BCUT2D eigenvalue weighted by Gasteiger charge is 2.51. The Hall–Kier alpha value is -1.47. The summed E-state index contributed by atoms with van der Waals surface area (Å²) in [5.74, 6) is -0.800. The van der Waals surface area contributed by atoms with Gasteiger partial charge in [-0.25, -0.2) is 0 Å². The number of carbonyl (C=O) groups is 2. The molecular formula is C9H9N3O3S. The molecule has 0 aliphatic carbocycles. The van der Waals surface area contributed by atoms with E-state index in [4.69, 9.17) is 5.73 Å². The number of β-lactam (4-membered cyclic amide) rings is 1. The Morgan fingerprint density at radius 3 is 2.94 bits per heavy atom. The number of fused-ring (bicyclic) bond motifs is 1. The summed E-state index contributed by atoms with van der Waals surface area (Å²) in [6.07, 6.45) is 1.46. The number of carbonyl (C=O) groups excluding carboxylic acids is 2. The van der Waals surface area contributed by atoms with E-state index in [1.807, 2.05) is 0 Å². The van der Waals surface area contributed by atoms with Gasteiger partial charge in [-0.05, 0) is 5.57 Å². The molecular weight excluding hydrogens is 230 g/mol. The zero-order chi connectivity index (χ0) is 11.9. The topological polar surface area (TPSA) is 92.8 Å². The first-order valence-corrected chi connectivity index (χ1v) is 5.60. The standard InChI is InChI=1S/C9H9N3O3S/c1-2-4-3-16-9-5(10)8(14)12(9)6(4)7(13)11-15/h2,5,9H,1,3,10H2/t5-,9?/m1/s1. The third-order valence-corrected chi connectivity index (χ3v) is 3.89. The highest BCUT2D eigenvalue weighted by Crippen LogP contribution is 2.39. The smallest absolute Gasteiger partial charge is 0.317 e. The summed E-state index contributed by atoms with van der Waals surface area (Å²) < 4.78 is 0. The average Bonchev–Trinajstić information content (AvgIpc) is 2.34. The Morgan fingerprint density at radius 2 is 2.38 bits per heavy atom. The Bertz CT molecular complexity index is 432. The first-order chi connectivity index (χ1) is 7.61. The van der Waals surface area contributed by atoms with Crippen LogP contribution in [0.1, 0.15) is 0 Å². The van der Waals surface area contributed by atoms with Gasteiger partial charge in [0, 0.05) is 10.9 Å². The number of amides is 2. The Morgan fingerprint density at radius 1 is 1.69 bits per heavy atom. The number of nitrogens with zero attached hydrogens (tertiary/aromatic N) is 2. The number of nitroso groups, excluding NO2 is 1. The molecule has 2 aliphatic rings. The number of allylic oxidation sites excluding steroid dienone is 1. The van der Waals surface area contributed by atoms with Gasteiger partial charge in [0.2, 0.25) is 5.91 Å². The maximum absolute atomic E-state index is 11.5. The minimum atomic E-state index is -0.944. The maximum atomic E-state index is 11.5. The van der Waals surface area contributed by atoms with Gasteiger partial charge in [-0.3, -0.25) is 14.5 Å². The van der Waals surface area contributed by atoms with Crippen molar-refractivity contribution in [2.24, 2.45) is 10.9 Å². The van der Waals surface area contributed by atoms with E-state index in [1.165, 1.54) is 22.7 Å². The predicted molar refractivity (Wildman–Crippen MR) is 59.1 cm³/mol. The number of nitrogens with two attached hydrogens (primary N) is 1. The summed E-state index contributed by atoms with van der Waals surface area (Å²) >= 11 is 1.44. The third kappa shape index (κ3) is 1.32. The van der Waals surface area contributed by atoms with Crippen LogP contribution in [0.3, 0.4) is 0 Å². The molecule has 7 heteroatoms. The van der Waals surface area contributed by atoms with Crippen LogP contribution in [0.4, 0.5) is 0 Å². The highest BCUT2D eigenvalue weighted by atomic mass is 32.2. The van der Waals surface area contributed by atoms with Gasteiger partial charge in [-0.15, -0.1) is 16.7 Å². The fourth-order valence-corrected chi connectivity index (χ4v) is 3.03. The van der Waals surface area contributed by atoms with Crippen molar-refractivity contribution >= 4 is 23.6 Å². The van der Waals surface area contributed by atoms with E-state index in [9.17, 15) is 14.5 Å². The van der Waals surface area contributed by atoms with E-state index in [0.29, 0.717) is 11.3 Å². The van der Waals surface area contributed by atoms with Crippen molar-refractivity contribution in [3.05, 3.63) is 28.8 Å². The molecule has 0 aromatic rings. The lowest BCUT2D eigenvalue weighted by atomic mass is 10.0. The van der Waals surface area contributed by atoms with Crippen LogP contribution >= 0.6 is 11.8 Å². The van der Waals surface area contributed by atoms with Crippen LogP contribution in [0, 0.1) is 4.91 Å². The molecule has 0 spiro atoms. The molecule has 2 aliphatic heterocycles. The second-order valence-electron chi connectivity index (χ2n) is 3.41. The second-order valence-corrected chi connectivity index (χ2v) is 4.51. The molecule has 84 valence electrons. The van der Waals surface area contributed by atoms with Gasteiger partial charge < -0.3 is 5.73 Å². The monoisotopic (exact) mass is 239 g/mol. The molecule has 2 N–H and O–H groups in total. The quantitative estimate of drug-likeness (QED) is 0.539. The molecule has 0 aromatic heterocycles. The van der Waals surface area contributed by atoms with Crippen LogP contribution in [0.25, 0.3) is 0 Å². The Labute approximate surface area is 95.5 Å². The number of thioether (sulfide) groups is 1. The first-order valence-electron chi connectivity index (χ1n) is 4.55. The van der Waals surface area contributed by atoms with E-state index < -0.39 is 11.9 Å². The molecule has 2 rings (SSSR count). The normalized spacial score (nSPS) is 28.3. The number of hydrogen-bond donors (Lipinski definition) is 1. The second kappa shape index (κ2) is 3.84. The fraction of sp³-hybridized carbons (Fsp3) is 0.333. The Balaban J connectivity index is 2.44. The van der Waals surface area contributed by atoms with E-state index >= 15 is 0 Å². The predicted octanol–water partition coefficient (Wildman–Crippen LogP) is -0.0381. The van der Waals surface area contributed by atoms with Crippen molar-refractivity contribution in [3.8, 4) is 0 Å². The minimum absolute atomic E-state index is 0.0282. The van der Waals surface area contributed by atoms with Gasteiger partial charge >= 0.3 is 5.91 Å². The van der Waals surface area contributed by atoms with Crippen molar-refractivity contribution in [2.45, 2.75) is 11.4 Å². The molecule has 1 fully saturated rings. The molecule has 0 aromatic carbocycles. The van der Waals surface area contributed by atoms with Gasteiger partial charge in [0.05, 0.1) is 0 Å². The zero-order valence-electron chi connectivity index (χ0n) is 8.25. The van der Waals surface area contributed by atoms with Gasteiger partial charge in [0.15, 0.2) is 0 Å². The highest BCUT2D eigenvalue weighted by molar-refractivity contribution is 8.00. The van der Waals surface area contributed by atoms with Crippen LogP contribution in [-0.2, 0) is 9.59 Å². The zero-order valence-corrected chi connectivity index (χ0v) is 9.07. The molecule has 1 unspecified atom stereocenters. The molecule has 16 heavy (non-hydrogen) atoms. The van der Waals surface area contributed by atoms with Crippen molar-refractivity contribution in [1.29, 1.82) is 0 Å². The molecule has 1 saturated heterocycles. The molecule has 0 bridgehead atoms. The molecule has 0 radical (unpaired) electrons. The lowest BCUT2D eigenvalue weighted by Gasteiger charge is -2.47.